The number of hydrogen-bond acceptors (Lipinski definition) is 4. The van der Waals surface area contributed by atoms with Crippen molar-refractivity contribution in [3.8, 4) is 5.75 Å². The standard InChI is InChI=1S/C18H12F4N2O3/c19-12-5-4-10(6-15(12)22)8-23-18(25)16-7-11(27-24-16)9-26-17-13(20)2-1-3-14(17)21/h1-7H,8-9H2,(H,23,25). The lowest BCUT2D eigenvalue weighted by Crippen LogP contribution is -2.23. The Morgan fingerprint density at radius 1 is 1.00 bits per heavy atom. The number of carbonyl (C=O) groups is 1. The predicted octanol–water partition coefficient (Wildman–Crippen LogP) is 3.74. The highest BCUT2D eigenvalue weighted by atomic mass is 19.2. The van der Waals surface area contributed by atoms with Gasteiger partial charge in [0.05, 0.1) is 0 Å². The third-order valence-corrected chi connectivity index (χ3v) is 3.51. The van der Waals surface area contributed by atoms with E-state index in [1.165, 1.54) is 18.2 Å². The first kappa shape index (κ1) is 18.4. The number of carbonyl (C=O) groups excluding carboxylic acids is 1. The average Bonchev–Trinajstić information content (AvgIpc) is 3.11. The molecule has 1 aromatic heterocycles. The monoisotopic (exact) mass is 380 g/mol. The number of nitrogens with one attached hydrogen (secondary N) is 1. The summed E-state index contributed by atoms with van der Waals surface area (Å²) in [6.45, 7) is -0.406. The number of halogens is 4. The maximum Gasteiger partial charge on any atom is 0.273 e. The van der Waals surface area contributed by atoms with Gasteiger partial charge in [-0.05, 0) is 29.8 Å². The molecule has 0 unspecified atom stereocenters. The molecule has 3 aromatic rings. The molecule has 0 aliphatic rings. The Bertz CT molecular complexity index is 955. The molecule has 1 heterocycles. The molecule has 2 aromatic carbocycles. The van der Waals surface area contributed by atoms with E-state index >= 15 is 0 Å². The van der Waals surface area contributed by atoms with E-state index in [4.69, 9.17) is 9.26 Å². The van der Waals surface area contributed by atoms with E-state index in [9.17, 15) is 22.4 Å². The van der Waals surface area contributed by atoms with Crippen LogP contribution in [0.4, 0.5) is 17.6 Å². The maximum atomic E-state index is 13.5. The summed E-state index contributed by atoms with van der Waals surface area (Å²) < 4.78 is 62.8. The molecule has 0 bridgehead atoms. The zero-order chi connectivity index (χ0) is 19.4. The van der Waals surface area contributed by atoms with Gasteiger partial charge in [0.2, 0.25) is 0 Å². The number of hydrogen-bond donors (Lipinski definition) is 1. The van der Waals surface area contributed by atoms with E-state index in [2.05, 4.69) is 10.5 Å². The molecule has 27 heavy (non-hydrogen) atoms. The van der Waals surface area contributed by atoms with Gasteiger partial charge in [0.25, 0.3) is 5.91 Å². The number of nitrogens with zero attached hydrogens (tertiary/aromatic N) is 1. The molecule has 140 valence electrons. The zero-order valence-corrected chi connectivity index (χ0v) is 13.6. The quantitative estimate of drug-likeness (QED) is 0.662. The number of benzene rings is 2. The Hall–Kier alpha value is -3.36. The summed E-state index contributed by atoms with van der Waals surface area (Å²) in [7, 11) is 0. The van der Waals surface area contributed by atoms with Gasteiger partial charge in [0.15, 0.2) is 40.5 Å². The lowest BCUT2D eigenvalue weighted by Gasteiger charge is -2.05. The minimum Gasteiger partial charge on any atom is -0.479 e. The largest absolute Gasteiger partial charge is 0.479 e. The fourth-order valence-electron chi connectivity index (χ4n) is 2.17. The Kier molecular flexibility index (Phi) is 5.39. The van der Waals surface area contributed by atoms with Gasteiger partial charge in [-0.3, -0.25) is 4.79 Å². The molecule has 0 fully saturated rings. The van der Waals surface area contributed by atoms with Gasteiger partial charge in [-0.25, -0.2) is 17.6 Å². The SMILES string of the molecule is O=C(NCc1ccc(F)c(F)c1)c1cc(COc2c(F)cccc2F)on1. The lowest BCUT2D eigenvalue weighted by molar-refractivity contribution is 0.0941. The van der Waals surface area contributed by atoms with Crippen LogP contribution in [0.25, 0.3) is 0 Å². The highest BCUT2D eigenvalue weighted by Gasteiger charge is 2.15. The van der Waals surface area contributed by atoms with Crippen LogP contribution in [0.5, 0.6) is 5.75 Å². The van der Waals surface area contributed by atoms with E-state index in [1.54, 1.807) is 0 Å². The number of ether oxygens (including phenoxy) is 1. The van der Waals surface area contributed by atoms with Gasteiger partial charge >= 0.3 is 0 Å². The van der Waals surface area contributed by atoms with Crippen LogP contribution in [0.3, 0.4) is 0 Å². The minimum absolute atomic E-state index is 0.0604. The van der Waals surface area contributed by atoms with Crippen LogP contribution in [0, 0.1) is 23.3 Å². The fraction of sp³-hybridized carbons (Fsp3) is 0.111. The molecule has 0 saturated carbocycles. The van der Waals surface area contributed by atoms with Crippen LogP contribution in [0.1, 0.15) is 21.8 Å². The van der Waals surface area contributed by atoms with Crippen molar-refractivity contribution in [2.24, 2.45) is 0 Å². The van der Waals surface area contributed by atoms with Crippen LogP contribution >= 0.6 is 0 Å². The smallest absolute Gasteiger partial charge is 0.273 e. The highest BCUT2D eigenvalue weighted by molar-refractivity contribution is 5.92. The molecule has 0 spiro atoms. The van der Waals surface area contributed by atoms with Crippen LogP contribution in [0.15, 0.2) is 47.0 Å². The van der Waals surface area contributed by atoms with Gasteiger partial charge in [0.1, 0.15) is 6.61 Å². The number of amides is 1. The molecule has 0 radical (unpaired) electrons. The van der Waals surface area contributed by atoms with Crippen LogP contribution in [0.2, 0.25) is 0 Å². The van der Waals surface area contributed by atoms with Crippen molar-refractivity contribution in [1.29, 1.82) is 0 Å². The fourth-order valence-corrected chi connectivity index (χ4v) is 2.17. The first-order chi connectivity index (χ1) is 12.9. The zero-order valence-electron chi connectivity index (χ0n) is 13.6. The number of rotatable bonds is 6. The minimum atomic E-state index is -1.03. The second kappa shape index (κ2) is 7.90. The average molecular weight is 380 g/mol. The summed E-state index contributed by atoms with van der Waals surface area (Å²) in [6.07, 6.45) is 0. The van der Waals surface area contributed by atoms with E-state index in [0.717, 1.165) is 24.3 Å². The van der Waals surface area contributed by atoms with Crippen LogP contribution in [-0.4, -0.2) is 11.1 Å². The summed E-state index contributed by atoms with van der Waals surface area (Å²) in [5.41, 5.74) is 0.245. The lowest BCUT2D eigenvalue weighted by atomic mass is 10.2. The van der Waals surface area contributed by atoms with E-state index in [0.29, 0.717) is 5.56 Å². The molecular formula is C18H12F4N2O3. The van der Waals surface area contributed by atoms with Crippen LogP contribution in [-0.2, 0) is 13.2 Å². The van der Waals surface area contributed by atoms with E-state index in [-0.39, 0.29) is 24.6 Å². The normalized spacial score (nSPS) is 10.7. The third kappa shape index (κ3) is 4.43. The third-order valence-electron chi connectivity index (χ3n) is 3.51. The summed E-state index contributed by atoms with van der Waals surface area (Å²) in [4.78, 5) is 12.0. The van der Waals surface area contributed by atoms with Gasteiger partial charge in [0, 0.05) is 12.6 Å². The first-order valence-electron chi connectivity index (χ1n) is 7.68. The van der Waals surface area contributed by atoms with Crippen molar-refractivity contribution in [2.75, 3.05) is 0 Å². The van der Waals surface area contributed by atoms with Gasteiger partial charge in [-0.1, -0.05) is 17.3 Å². The second-order valence-electron chi connectivity index (χ2n) is 5.45. The second-order valence-corrected chi connectivity index (χ2v) is 5.45. The molecular weight excluding hydrogens is 368 g/mol. The van der Waals surface area contributed by atoms with Crippen molar-refractivity contribution in [2.45, 2.75) is 13.2 Å². The van der Waals surface area contributed by atoms with Gasteiger partial charge in [-0.2, -0.15) is 0 Å². The molecule has 5 nitrogen and oxygen atoms in total. The molecule has 1 amide bonds. The maximum absolute atomic E-state index is 13.5. The Labute approximate surface area is 150 Å². The first-order valence-corrected chi connectivity index (χ1v) is 7.68. The molecule has 0 aliphatic carbocycles. The molecule has 9 heteroatoms. The van der Waals surface area contributed by atoms with Crippen molar-refractivity contribution < 1.29 is 31.6 Å². The Balaban J connectivity index is 1.58. The Morgan fingerprint density at radius 3 is 2.44 bits per heavy atom. The summed E-state index contributed by atoms with van der Waals surface area (Å²) in [5, 5.41) is 5.98. The summed E-state index contributed by atoms with van der Waals surface area (Å²) >= 11 is 0. The van der Waals surface area contributed by atoms with E-state index < -0.39 is 34.9 Å². The van der Waals surface area contributed by atoms with Crippen LogP contribution < -0.4 is 10.1 Å². The van der Waals surface area contributed by atoms with Crippen molar-refractivity contribution in [3.63, 3.8) is 0 Å². The number of para-hydroxylation sites is 1. The summed E-state index contributed by atoms with van der Waals surface area (Å²) in [6, 6.07) is 7.74. The van der Waals surface area contributed by atoms with Crippen molar-refractivity contribution in [1.82, 2.24) is 10.5 Å². The summed E-state index contributed by atoms with van der Waals surface area (Å²) in [5.74, 6) is -4.90. The Morgan fingerprint density at radius 2 is 1.74 bits per heavy atom. The van der Waals surface area contributed by atoms with Crippen molar-refractivity contribution >= 4 is 5.91 Å². The topological polar surface area (TPSA) is 64.4 Å². The molecule has 3 rings (SSSR count). The van der Waals surface area contributed by atoms with Gasteiger partial charge < -0.3 is 14.6 Å². The van der Waals surface area contributed by atoms with Gasteiger partial charge in [-0.15, -0.1) is 0 Å². The molecule has 0 saturated heterocycles. The highest BCUT2D eigenvalue weighted by Crippen LogP contribution is 2.22. The predicted molar refractivity (Wildman–Crippen MR) is 84.7 cm³/mol. The molecule has 0 aliphatic heterocycles. The van der Waals surface area contributed by atoms with Crippen molar-refractivity contribution in [3.05, 3.63) is 82.8 Å². The molecule has 0 atom stereocenters. The molecule has 1 N–H and O–H groups in total. The van der Waals surface area contributed by atoms with E-state index in [1.807, 2.05) is 0 Å². The number of aromatic nitrogens is 1.